The molecule has 2 rings (SSSR count). The van der Waals surface area contributed by atoms with Crippen molar-refractivity contribution in [3.63, 3.8) is 0 Å². The summed E-state index contributed by atoms with van der Waals surface area (Å²) in [6.45, 7) is 4.90. The van der Waals surface area contributed by atoms with Gasteiger partial charge in [-0.25, -0.2) is 9.59 Å². The van der Waals surface area contributed by atoms with Gasteiger partial charge in [-0.05, 0) is 46.8 Å². The minimum absolute atomic E-state index is 0.0815. The van der Waals surface area contributed by atoms with E-state index in [0.29, 0.717) is 22.6 Å². The number of para-hydroxylation sites is 1. The molecule has 5 nitrogen and oxygen atoms in total. The molecule has 2 N–H and O–H groups in total. The van der Waals surface area contributed by atoms with Gasteiger partial charge < -0.3 is 15.3 Å². The van der Waals surface area contributed by atoms with Crippen LogP contribution in [-0.2, 0) is 0 Å². The molecule has 1 aliphatic heterocycles. The van der Waals surface area contributed by atoms with Crippen LogP contribution in [0.3, 0.4) is 0 Å². The van der Waals surface area contributed by atoms with Crippen molar-refractivity contribution in [2.75, 3.05) is 11.9 Å². The summed E-state index contributed by atoms with van der Waals surface area (Å²) >= 11 is 3.30. The van der Waals surface area contributed by atoms with Gasteiger partial charge in [-0.3, -0.25) is 0 Å². The number of urea groups is 1. The normalized spacial score (nSPS) is 18.1. The van der Waals surface area contributed by atoms with Crippen molar-refractivity contribution in [2.45, 2.75) is 32.7 Å². The van der Waals surface area contributed by atoms with Crippen LogP contribution in [0.1, 0.15) is 37.0 Å². The van der Waals surface area contributed by atoms with Gasteiger partial charge in [-0.1, -0.05) is 19.9 Å². The first-order valence-electron chi connectivity index (χ1n) is 7.01. The van der Waals surface area contributed by atoms with Crippen molar-refractivity contribution >= 4 is 33.6 Å². The first-order chi connectivity index (χ1) is 9.91. The number of halogens is 1. The third-order valence-corrected chi connectivity index (χ3v) is 4.47. The predicted octanol–water partition coefficient (Wildman–Crippen LogP) is 3.80. The summed E-state index contributed by atoms with van der Waals surface area (Å²) in [5.74, 6) is -0.676. The summed E-state index contributed by atoms with van der Waals surface area (Å²) in [5, 5.41) is 12.0. The van der Waals surface area contributed by atoms with E-state index in [0.717, 1.165) is 12.8 Å². The largest absolute Gasteiger partial charge is 0.478 e. The second-order valence-corrected chi connectivity index (χ2v) is 6.40. The van der Waals surface area contributed by atoms with Crippen molar-refractivity contribution in [1.82, 2.24) is 4.90 Å². The Morgan fingerprint density at radius 3 is 2.76 bits per heavy atom. The molecule has 1 saturated heterocycles. The molecule has 1 fully saturated rings. The van der Waals surface area contributed by atoms with Crippen LogP contribution in [-0.4, -0.2) is 34.6 Å². The van der Waals surface area contributed by atoms with Crippen LogP contribution in [0, 0.1) is 5.92 Å². The van der Waals surface area contributed by atoms with Crippen molar-refractivity contribution < 1.29 is 14.7 Å². The highest BCUT2D eigenvalue weighted by Gasteiger charge is 2.31. The number of carboxylic acids is 1. The molecular formula is C15H19BrN2O3. The van der Waals surface area contributed by atoms with Gasteiger partial charge in [-0.15, -0.1) is 0 Å². The van der Waals surface area contributed by atoms with E-state index in [-0.39, 0.29) is 17.6 Å². The number of hydrogen-bond donors (Lipinski definition) is 2. The molecule has 2 amide bonds. The molecule has 1 aromatic carbocycles. The molecule has 0 radical (unpaired) electrons. The van der Waals surface area contributed by atoms with Gasteiger partial charge in [0.2, 0.25) is 0 Å². The molecule has 1 heterocycles. The second-order valence-electron chi connectivity index (χ2n) is 5.54. The number of carbonyl (C=O) groups excluding carboxylic acids is 1. The number of nitrogens with zero attached hydrogens (tertiary/aromatic N) is 1. The number of carboxylic acid groups (broad SMARTS) is 1. The Labute approximate surface area is 132 Å². The summed E-state index contributed by atoms with van der Waals surface area (Å²) in [5.41, 5.74) is 0.391. The fourth-order valence-electron chi connectivity index (χ4n) is 2.75. The third kappa shape index (κ3) is 3.37. The van der Waals surface area contributed by atoms with Crippen LogP contribution in [0.2, 0.25) is 0 Å². The van der Waals surface area contributed by atoms with E-state index >= 15 is 0 Å². The smallest absolute Gasteiger partial charge is 0.337 e. The topological polar surface area (TPSA) is 69.6 Å². The zero-order valence-electron chi connectivity index (χ0n) is 12.1. The molecule has 0 aromatic heterocycles. The second kappa shape index (κ2) is 6.47. The minimum atomic E-state index is -1.06. The minimum Gasteiger partial charge on any atom is -0.478 e. The summed E-state index contributed by atoms with van der Waals surface area (Å²) in [6.07, 6.45) is 1.98. The quantitative estimate of drug-likeness (QED) is 0.867. The molecule has 0 bridgehead atoms. The van der Waals surface area contributed by atoms with Gasteiger partial charge in [0, 0.05) is 17.1 Å². The van der Waals surface area contributed by atoms with Crippen molar-refractivity contribution in [3.8, 4) is 0 Å². The fraction of sp³-hybridized carbons (Fsp3) is 0.467. The van der Waals surface area contributed by atoms with Crippen LogP contribution in [0.25, 0.3) is 0 Å². The number of rotatable bonds is 3. The van der Waals surface area contributed by atoms with E-state index in [4.69, 9.17) is 0 Å². The Hall–Kier alpha value is -1.56. The van der Waals surface area contributed by atoms with E-state index < -0.39 is 5.97 Å². The van der Waals surface area contributed by atoms with E-state index in [1.807, 2.05) is 0 Å². The van der Waals surface area contributed by atoms with Crippen molar-refractivity contribution in [1.29, 1.82) is 0 Å². The highest BCUT2D eigenvalue weighted by atomic mass is 79.9. The lowest BCUT2D eigenvalue weighted by molar-refractivity contribution is 0.0698. The van der Waals surface area contributed by atoms with E-state index in [2.05, 4.69) is 35.1 Å². The molecule has 1 aromatic rings. The molecule has 6 heteroatoms. The van der Waals surface area contributed by atoms with Gasteiger partial charge in [-0.2, -0.15) is 0 Å². The average Bonchev–Trinajstić information content (AvgIpc) is 2.90. The number of nitrogens with one attached hydrogen (secondary N) is 1. The molecular weight excluding hydrogens is 336 g/mol. The predicted molar refractivity (Wildman–Crippen MR) is 84.7 cm³/mol. The van der Waals surface area contributed by atoms with Crippen LogP contribution in [0.15, 0.2) is 22.7 Å². The van der Waals surface area contributed by atoms with Gasteiger partial charge >= 0.3 is 12.0 Å². The van der Waals surface area contributed by atoms with Crippen LogP contribution in [0.5, 0.6) is 0 Å². The Bertz CT molecular complexity index is 560. The molecule has 1 unspecified atom stereocenters. The van der Waals surface area contributed by atoms with E-state index in [1.54, 1.807) is 17.0 Å². The highest BCUT2D eigenvalue weighted by molar-refractivity contribution is 9.10. The first-order valence-corrected chi connectivity index (χ1v) is 7.80. The average molecular weight is 355 g/mol. The van der Waals surface area contributed by atoms with Crippen molar-refractivity contribution in [2.24, 2.45) is 5.92 Å². The molecule has 114 valence electrons. The standard InChI is InChI=1S/C15H19BrN2O3/c1-9(2)12-7-4-8-18(12)15(21)17-13-10(14(19)20)5-3-6-11(13)16/h3,5-6,9,12H,4,7-8H2,1-2H3,(H,17,21)(H,19,20). The Balaban J connectivity index is 2.22. The van der Waals surface area contributed by atoms with Gasteiger partial charge in [0.25, 0.3) is 0 Å². The number of anilines is 1. The molecule has 21 heavy (non-hydrogen) atoms. The van der Waals surface area contributed by atoms with Crippen LogP contribution < -0.4 is 5.32 Å². The van der Waals surface area contributed by atoms with Gasteiger partial charge in [0.05, 0.1) is 11.3 Å². The van der Waals surface area contributed by atoms with Crippen molar-refractivity contribution in [3.05, 3.63) is 28.2 Å². The summed E-state index contributed by atoms with van der Waals surface area (Å²) in [4.78, 5) is 25.5. The maximum atomic E-state index is 12.5. The Kier molecular flexibility index (Phi) is 4.88. The number of benzene rings is 1. The SMILES string of the molecule is CC(C)C1CCCN1C(=O)Nc1c(Br)cccc1C(=O)O. The lowest BCUT2D eigenvalue weighted by atomic mass is 10.0. The summed E-state index contributed by atoms with van der Waals surface area (Å²) in [6, 6.07) is 4.80. The first kappa shape index (κ1) is 15.8. The zero-order valence-corrected chi connectivity index (χ0v) is 13.7. The summed E-state index contributed by atoms with van der Waals surface area (Å²) < 4.78 is 0.566. The number of amides is 2. The number of hydrogen-bond acceptors (Lipinski definition) is 2. The molecule has 0 spiro atoms. The lowest BCUT2D eigenvalue weighted by Crippen LogP contribution is -2.41. The van der Waals surface area contributed by atoms with Crippen LogP contribution >= 0.6 is 15.9 Å². The maximum Gasteiger partial charge on any atom is 0.337 e. The Morgan fingerprint density at radius 1 is 1.43 bits per heavy atom. The molecule has 0 aliphatic carbocycles. The highest BCUT2D eigenvalue weighted by Crippen LogP contribution is 2.29. The number of carbonyl (C=O) groups is 2. The zero-order chi connectivity index (χ0) is 15.6. The lowest BCUT2D eigenvalue weighted by Gasteiger charge is -2.28. The molecule has 0 saturated carbocycles. The van der Waals surface area contributed by atoms with E-state index in [9.17, 15) is 14.7 Å². The van der Waals surface area contributed by atoms with Gasteiger partial charge in [0.15, 0.2) is 0 Å². The summed E-state index contributed by atoms with van der Waals surface area (Å²) in [7, 11) is 0. The van der Waals surface area contributed by atoms with Gasteiger partial charge in [0.1, 0.15) is 0 Å². The maximum absolute atomic E-state index is 12.5. The third-order valence-electron chi connectivity index (χ3n) is 3.81. The fourth-order valence-corrected chi connectivity index (χ4v) is 3.21. The molecule has 1 aliphatic rings. The Morgan fingerprint density at radius 2 is 2.14 bits per heavy atom. The van der Waals surface area contributed by atoms with E-state index in [1.165, 1.54) is 6.07 Å². The molecule has 1 atom stereocenters. The number of likely N-dealkylation sites (tertiary alicyclic amines) is 1. The monoisotopic (exact) mass is 354 g/mol. The number of aromatic carboxylic acids is 1. The van der Waals surface area contributed by atoms with Crippen LogP contribution in [0.4, 0.5) is 10.5 Å².